The second-order valence-electron chi connectivity index (χ2n) is 9.67. The van der Waals surface area contributed by atoms with Crippen molar-refractivity contribution in [2.75, 3.05) is 18.4 Å². The fourth-order valence-corrected chi connectivity index (χ4v) is 5.20. The molecule has 3 aromatic rings. The van der Waals surface area contributed by atoms with Gasteiger partial charge >= 0.3 is 6.18 Å². The Morgan fingerprint density at radius 3 is 2.43 bits per heavy atom. The molecule has 2 heterocycles. The maximum atomic E-state index is 13.4. The van der Waals surface area contributed by atoms with Crippen LogP contribution in [0.1, 0.15) is 28.7 Å². The van der Waals surface area contributed by atoms with Gasteiger partial charge in [-0.3, -0.25) is 9.59 Å². The van der Waals surface area contributed by atoms with Crippen molar-refractivity contribution in [1.82, 2.24) is 9.80 Å². The molecule has 0 radical (unpaired) electrons. The van der Waals surface area contributed by atoms with Gasteiger partial charge in [0.25, 0.3) is 0 Å². The molecule has 1 saturated heterocycles. The summed E-state index contributed by atoms with van der Waals surface area (Å²) in [6.45, 7) is 0.316. The zero-order valence-corrected chi connectivity index (χ0v) is 20.2. The smallest absolute Gasteiger partial charge is 0.373 e. The lowest BCUT2D eigenvalue weighted by Gasteiger charge is -2.42. The van der Waals surface area contributed by atoms with Crippen LogP contribution < -0.4 is 5.32 Å². The van der Waals surface area contributed by atoms with Crippen molar-refractivity contribution in [2.45, 2.75) is 44.1 Å². The Labute approximate surface area is 213 Å². The summed E-state index contributed by atoms with van der Waals surface area (Å²) < 4.78 is 39.8. The van der Waals surface area contributed by atoms with Gasteiger partial charge in [-0.25, -0.2) is 0 Å². The van der Waals surface area contributed by atoms with E-state index in [0.717, 1.165) is 28.9 Å². The molecule has 37 heavy (non-hydrogen) atoms. The van der Waals surface area contributed by atoms with Gasteiger partial charge in [-0.2, -0.15) is 13.2 Å². The van der Waals surface area contributed by atoms with E-state index in [9.17, 15) is 22.8 Å². The van der Waals surface area contributed by atoms with Gasteiger partial charge in [0.05, 0.1) is 18.2 Å². The highest BCUT2D eigenvalue weighted by Crippen LogP contribution is 2.31. The molecule has 0 unspecified atom stereocenters. The third-order valence-corrected chi connectivity index (χ3v) is 7.12. The molecule has 1 fully saturated rings. The Morgan fingerprint density at radius 2 is 1.68 bits per heavy atom. The van der Waals surface area contributed by atoms with E-state index >= 15 is 0 Å². The first-order chi connectivity index (χ1) is 17.8. The molecule has 5 nitrogen and oxygen atoms in total. The molecular weight excluding hydrogens is 479 g/mol. The van der Waals surface area contributed by atoms with E-state index in [0.29, 0.717) is 31.4 Å². The number of hydrogen-bond acceptors (Lipinski definition) is 3. The van der Waals surface area contributed by atoms with Crippen LogP contribution in [0.3, 0.4) is 0 Å². The maximum Gasteiger partial charge on any atom is 0.416 e. The number of fused-ring (bicyclic) bond motifs is 1. The highest BCUT2D eigenvalue weighted by molar-refractivity contribution is 5.92. The Kier molecular flexibility index (Phi) is 6.91. The molecule has 192 valence electrons. The first kappa shape index (κ1) is 24.9. The van der Waals surface area contributed by atoms with E-state index in [2.05, 4.69) is 5.32 Å². The number of anilines is 1. The molecular formula is C29H28F3N3O2. The Hall–Kier alpha value is -3.81. The maximum absolute atomic E-state index is 13.4. The molecule has 3 aromatic carbocycles. The van der Waals surface area contributed by atoms with Crippen molar-refractivity contribution in [3.05, 3.63) is 101 Å². The van der Waals surface area contributed by atoms with Gasteiger partial charge in [0.2, 0.25) is 11.8 Å². The monoisotopic (exact) mass is 507 g/mol. The molecule has 0 saturated carbocycles. The van der Waals surface area contributed by atoms with Gasteiger partial charge in [-0.15, -0.1) is 0 Å². The normalized spacial score (nSPS) is 19.5. The summed E-state index contributed by atoms with van der Waals surface area (Å²) in [5.74, 6) is -0.390. The summed E-state index contributed by atoms with van der Waals surface area (Å²) in [6, 6.07) is 21.9. The van der Waals surface area contributed by atoms with E-state index in [4.69, 9.17) is 0 Å². The zero-order valence-electron chi connectivity index (χ0n) is 20.2. The van der Waals surface area contributed by atoms with Crippen LogP contribution in [0.2, 0.25) is 0 Å². The summed E-state index contributed by atoms with van der Waals surface area (Å²) >= 11 is 0. The van der Waals surface area contributed by atoms with E-state index in [1.807, 2.05) is 54.6 Å². The van der Waals surface area contributed by atoms with Crippen molar-refractivity contribution in [3.8, 4) is 0 Å². The second kappa shape index (κ2) is 10.3. The van der Waals surface area contributed by atoms with Crippen LogP contribution in [0.5, 0.6) is 0 Å². The number of hydrogen-bond donors (Lipinski definition) is 1. The average molecular weight is 508 g/mol. The molecule has 2 aliphatic rings. The lowest BCUT2D eigenvalue weighted by Crippen LogP contribution is -2.59. The summed E-state index contributed by atoms with van der Waals surface area (Å²) in [7, 11) is 0. The Morgan fingerprint density at radius 1 is 0.946 bits per heavy atom. The second-order valence-corrected chi connectivity index (χ2v) is 9.67. The Bertz CT molecular complexity index is 1250. The van der Waals surface area contributed by atoms with Gasteiger partial charge < -0.3 is 15.1 Å². The zero-order chi connectivity index (χ0) is 26.0. The van der Waals surface area contributed by atoms with E-state index in [-0.39, 0.29) is 30.9 Å². The van der Waals surface area contributed by atoms with Crippen LogP contribution in [-0.2, 0) is 35.2 Å². The molecule has 0 aliphatic carbocycles. The van der Waals surface area contributed by atoms with Crippen molar-refractivity contribution in [3.63, 3.8) is 0 Å². The molecule has 0 aromatic heterocycles. The minimum atomic E-state index is -4.45. The minimum Gasteiger partial charge on any atom is -0.373 e. The molecule has 0 spiro atoms. The number of aryl methyl sites for hydroxylation is 1. The van der Waals surface area contributed by atoms with Crippen LogP contribution >= 0.6 is 0 Å². The van der Waals surface area contributed by atoms with Crippen LogP contribution in [0.15, 0.2) is 78.9 Å². The topological polar surface area (TPSA) is 52.7 Å². The average Bonchev–Trinajstić information content (AvgIpc) is 3.33. The number of nitrogens with one attached hydrogen (secondary N) is 1. The van der Waals surface area contributed by atoms with E-state index in [1.165, 1.54) is 6.07 Å². The molecule has 2 aliphatic heterocycles. The molecule has 2 amide bonds. The molecule has 0 bridgehead atoms. The SMILES string of the molecule is O=C([C@@H]1Cc2ccccc2N1)N1CC(=O)N(Cc2cccc(C(F)(F)F)c2)[C@@H](CCc2ccccc2)C1. The first-order valence-electron chi connectivity index (χ1n) is 12.4. The highest BCUT2D eigenvalue weighted by Gasteiger charge is 2.38. The number of para-hydroxylation sites is 1. The summed E-state index contributed by atoms with van der Waals surface area (Å²) in [6.07, 6.45) is -2.62. The van der Waals surface area contributed by atoms with Crippen molar-refractivity contribution >= 4 is 17.5 Å². The standard InChI is InChI=1S/C29H28F3N3O2/c30-29(31,32)23-11-6-9-21(15-23)17-35-24(14-13-20-7-2-1-3-8-20)18-34(19-27(35)36)28(37)26-16-22-10-4-5-12-25(22)33-26/h1-12,15,24,26,33H,13-14,16-19H2/t24-,26-/m0/s1. The lowest BCUT2D eigenvalue weighted by atomic mass is 9.99. The van der Waals surface area contributed by atoms with Crippen molar-refractivity contribution in [1.29, 1.82) is 0 Å². The highest BCUT2D eigenvalue weighted by atomic mass is 19.4. The summed E-state index contributed by atoms with van der Waals surface area (Å²) in [5.41, 5.74) is 2.77. The number of nitrogens with zero attached hydrogens (tertiary/aromatic N) is 2. The van der Waals surface area contributed by atoms with Crippen LogP contribution in [0, 0.1) is 0 Å². The molecule has 5 rings (SSSR count). The largest absolute Gasteiger partial charge is 0.416 e. The predicted molar refractivity (Wildman–Crippen MR) is 135 cm³/mol. The number of piperazine rings is 1. The predicted octanol–water partition coefficient (Wildman–Crippen LogP) is 4.91. The first-order valence-corrected chi connectivity index (χ1v) is 12.4. The quantitative estimate of drug-likeness (QED) is 0.516. The molecule has 8 heteroatoms. The lowest BCUT2D eigenvalue weighted by molar-refractivity contribution is -0.149. The number of carbonyl (C=O) groups excluding carboxylic acids is 2. The van der Waals surface area contributed by atoms with Crippen LogP contribution in [0.25, 0.3) is 0 Å². The fraction of sp³-hybridized carbons (Fsp3) is 0.310. The number of amides is 2. The number of halogens is 3. The number of rotatable bonds is 6. The fourth-order valence-electron chi connectivity index (χ4n) is 5.20. The summed E-state index contributed by atoms with van der Waals surface area (Å²) in [4.78, 5) is 30.0. The number of alkyl halides is 3. The number of benzene rings is 3. The third-order valence-electron chi connectivity index (χ3n) is 7.12. The van der Waals surface area contributed by atoms with Crippen molar-refractivity contribution in [2.24, 2.45) is 0 Å². The van der Waals surface area contributed by atoms with Crippen LogP contribution in [0.4, 0.5) is 18.9 Å². The van der Waals surface area contributed by atoms with Crippen molar-refractivity contribution < 1.29 is 22.8 Å². The Balaban J connectivity index is 1.34. The van der Waals surface area contributed by atoms with Gasteiger partial charge in [0.15, 0.2) is 0 Å². The van der Waals surface area contributed by atoms with E-state index < -0.39 is 17.8 Å². The van der Waals surface area contributed by atoms with Gasteiger partial charge in [-0.05, 0) is 47.7 Å². The number of carbonyl (C=O) groups is 2. The van der Waals surface area contributed by atoms with E-state index in [1.54, 1.807) is 15.9 Å². The summed E-state index contributed by atoms with van der Waals surface area (Å²) in [5, 5.41) is 3.27. The van der Waals surface area contributed by atoms with Gasteiger partial charge in [0, 0.05) is 25.2 Å². The third kappa shape index (κ3) is 5.63. The van der Waals surface area contributed by atoms with Gasteiger partial charge in [-0.1, -0.05) is 60.7 Å². The van der Waals surface area contributed by atoms with Gasteiger partial charge in [0.1, 0.15) is 6.04 Å². The molecule has 2 atom stereocenters. The minimum absolute atomic E-state index is 0.0668. The molecule has 1 N–H and O–H groups in total. The van der Waals surface area contributed by atoms with Crippen LogP contribution in [-0.4, -0.2) is 46.8 Å².